The molecule has 0 bridgehead atoms. The molecule has 18 heavy (non-hydrogen) atoms. The number of nitrogens with one attached hydrogen (secondary N) is 1. The highest BCUT2D eigenvalue weighted by Crippen LogP contribution is 2.27. The molecule has 0 aliphatic heterocycles. The first-order valence-electron chi connectivity index (χ1n) is 6.54. The van der Waals surface area contributed by atoms with Gasteiger partial charge in [-0.15, -0.1) is 0 Å². The molecular weight excluding hydrogens is 226 g/mol. The van der Waals surface area contributed by atoms with Gasteiger partial charge in [0.05, 0.1) is 17.2 Å². The van der Waals surface area contributed by atoms with Gasteiger partial charge in [0, 0.05) is 12.7 Å². The highest BCUT2D eigenvalue weighted by Gasteiger charge is 2.27. The van der Waals surface area contributed by atoms with Crippen molar-refractivity contribution >= 4 is 5.82 Å². The summed E-state index contributed by atoms with van der Waals surface area (Å²) in [5, 5.41) is 22.4. The van der Waals surface area contributed by atoms with E-state index in [4.69, 9.17) is 5.26 Å². The molecule has 1 heterocycles. The number of aliphatic hydroxyl groups is 1. The van der Waals surface area contributed by atoms with Crippen molar-refractivity contribution in [1.29, 1.82) is 5.26 Å². The second-order valence-electron chi connectivity index (χ2n) is 5.03. The molecule has 0 atom stereocenters. The molecule has 0 aromatic carbocycles. The third kappa shape index (κ3) is 3.44. The Morgan fingerprint density at radius 3 is 2.72 bits per heavy atom. The summed E-state index contributed by atoms with van der Waals surface area (Å²) in [4.78, 5) is 4.15. The Morgan fingerprint density at radius 1 is 1.33 bits per heavy atom. The maximum absolute atomic E-state index is 10.5. The van der Waals surface area contributed by atoms with E-state index in [1.54, 1.807) is 18.3 Å². The van der Waals surface area contributed by atoms with Gasteiger partial charge in [0.2, 0.25) is 0 Å². The molecule has 2 rings (SSSR count). The predicted molar refractivity (Wildman–Crippen MR) is 70.1 cm³/mol. The maximum Gasteiger partial charge on any atom is 0.127 e. The molecule has 0 unspecified atom stereocenters. The Hall–Kier alpha value is -1.60. The molecule has 1 saturated carbocycles. The van der Waals surface area contributed by atoms with Gasteiger partial charge in [-0.2, -0.15) is 5.26 Å². The van der Waals surface area contributed by atoms with Crippen molar-refractivity contribution in [2.45, 2.75) is 44.1 Å². The quantitative estimate of drug-likeness (QED) is 0.803. The van der Waals surface area contributed by atoms with Crippen LogP contribution in [-0.2, 0) is 0 Å². The van der Waals surface area contributed by atoms with E-state index >= 15 is 0 Å². The van der Waals surface area contributed by atoms with Crippen LogP contribution in [0, 0.1) is 11.3 Å². The second-order valence-corrected chi connectivity index (χ2v) is 5.03. The van der Waals surface area contributed by atoms with Crippen LogP contribution in [0.1, 0.15) is 44.1 Å². The van der Waals surface area contributed by atoms with Crippen LogP contribution < -0.4 is 5.32 Å². The summed E-state index contributed by atoms with van der Waals surface area (Å²) < 4.78 is 0. The lowest BCUT2D eigenvalue weighted by Gasteiger charge is -2.27. The van der Waals surface area contributed by atoms with Crippen molar-refractivity contribution in [3.8, 4) is 6.07 Å². The summed E-state index contributed by atoms with van der Waals surface area (Å²) in [6, 6.07) is 5.46. The summed E-state index contributed by atoms with van der Waals surface area (Å²) >= 11 is 0. The molecular formula is C14H19N3O. The van der Waals surface area contributed by atoms with Gasteiger partial charge in [-0.05, 0) is 25.0 Å². The third-order valence-corrected chi connectivity index (χ3v) is 3.52. The van der Waals surface area contributed by atoms with Crippen LogP contribution >= 0.6 is 0 Å². The fourth-order valence-corrected chi connectivity index (χ4v) is 2.42. The summed E-state index contributed by atoms with van der Waals surface area (Å²) in [5.74, 6) is 0.659. The molecule has 1 aromatic rings. The smallest absolute Gasteiger partial charge is 0.127 e. The van der Waals surface area contributed by atoms with Gasteiger partial charge in [-0.25, -0.2) is 4.98 Å². The number of nitrogens with zero attached hydrogens (tertiary/aromatic N) is 2. The highest BCUT2D eigenvalue weighted by molar-refractivity contribution is 5.42. The number of hydrogen-bond acceptors (Lipinski definition) is 4. The molecule has 4 heteroatoms. The standard InChI is InChI=1S/C14H19N3O/c15-10-12-5-8-16-13(9-12)17-11-14(18)6-3-1-2-4-7-14/h5,8-9,18H,1-4,6-7,11H2,(H,16,17). The molecule has 1 aliphatic rings. The van der Waals surface area contributed by atoms with Gasteiger partial charge >= 0.3 is 0 Å². The van der Waals surface area contributed by atoms with E-state index in [0.717, 1.165) is 25.7 Å². The van der Waals surface area contributed by atoms with Gasteiger partial charge in [-0.3, -0.25) is 0 Å². The highest BCUT2D eigenvalue weighted by atomic mass is 16.3. The van der Waals surface area contributed by atoms with Crippen molar-refractivity contribution in [2.75, 3.05) is 11.9 Å². The number of nitriles is 1. The largest absolute Gasteiger partial charge is 0.388 e. The third-order valence-electron chi connectivity index (χ3n) is 3.52. The van der Waals surface area contributed by atoms with Crippen LogP contribution in [0.3, 0.4) is 0 Å². The van der Waals surface area contributed by atoms with E-state index in [0.29, 0.717) is 17.9 Å². The second kappa shape index (κ2) is 5.83. The Balaban J connectivity index is 1.95. The molecule has 4 nitrogen and oxygen atoms in total. The topological polar surface area (TPSA) is 68.9 Å². The zero-order valence-electron chi connectivity index (χ0n) is 10.5. The van der Waals surface area contributed by atoms with Crippen LogP contribution in [0.4, 0.5) is 5.82 Å². The van der Waals surface area contributed by atoms with Crippen molar-refractivity contribution in [2.24, 2.45) is 0 Å². The van der Waals surface area contributed by atoms with Crippen molar-refractivity contribution < 1.29 is 5.11 Å². The van der Waals surface area contributed by atoms with E-state index in [-0.39, 0.29) is 0 Å². The predicted octanol–water partition coefficient (Wildman–Crippen LogP) is 2.45. The molecule has 2 N–H and O–H groups in total. The molecule has 1 aliphatic carbocycles. The van der Waals surface area contributed by atoms with E-state index in [1.807, 2.05) is 0 Å². The fourth-order valence-electron chi connectivity index (χ4n) is 2.42. The van der Waals surface area contributed by atoms with Crippen molar-refractivity contribution in [3.05, 3.63) is 23.9 Å². The summed E-state index contributed by atoms with van der Waals surface area (Å²) in [7, 11) is 0. The molecule has 96 valence electrons. The van der Waals surface area contributed by atoms with E-state index in [1.165, 1.54) is 12.8 Å². The minimum atomic E-state index is -0.624. The van der Waals surface area contributed by atoms with Crippen molar-refractivity contribution in [1.82, 2.24) is 4.98 Å². The van der Waals surface area contributed by atoms with E-state index < -0.39 is 5.60 Å². The Bertz CT molecular complexity index is 431. The van der Waals surface area contributed by atoms with Crippen LogP contribution in [0.15, 0.2) is 18.3 Å². The number of aromatic nitrogens is 1. The zero-order valence-corrected chi connectivity index (χ0v) is 10.5. The minimum absolute atomic E-state index is 0.509. The average molecular weight is 245 g/mol. The molecule has 0 amide bonds. The van der Waals surface area contributed by atoms with Gasteiger partial charge < -0.3 is 10.4 Å². The first-order valence-corrected chi connectivity index (χ1v) is 6.54. The fraction of sp³-hybridized carbons (Fsp3) is 0.571. The SMILES string of the molecule is N#Cc1ccnc(NCC2(O)CCCCCC2)c1. The zero-order chi connectivity index (χ0) is 12.8. The average Bonchev–Trinajstić information content (AvgIpc) is 2.62. The normalized spacial score (nSPS) is 18.7. The lowest BCUT2D eigenvalue weighted by Crippen LogP contribution is -2.36. The van der Waals surface area contributed by atoms with Gasteiger partial charge in [0.25, 0.3) is 0 Å². The van der Waals surface area contributed by atoms with Crippen LogP contribution in [-0.4, -0.2) is 22.2 Å². The number of pyridine rings is 1. The lowest BCUT2D eigenvalue weighted by atomic mass is 9.94. The molecule has 0 spiro atoms. The van der Waals surface area contributed by atoms with Crippen LogP contribution in [0.5, 0.6) is 0 Å². The Kier molecular flexibility index (Phi) is 4.16. The number of rotatable bonds is 3. The molecule has 0 radical (unpaired) electrons. The molecule has 0 saturated heterocycles. The van der Waals surface area contributed by atoms with Crippen molar-refractivity contribution in [3.63, 3.8) is 0 Å². The molecule has 1 aromatic heterocycles. The summed E-state index contributed by atoms with van der Waals surface area (Å²) in [6.45, 7) is 0.509. The minimum Gasteiger partial charge on any atom is -0.388 e. The first kappa shape index (κ1) is 12.8. The van der Waals surface area contributed by atoms with Crippen LogP contribution in [0.2, 0.25) is 0 Å². The summed E-state index contributed by atoms with van der Waals surface area (Å²) in [5.41, 5.74) is -0.0405. The molecule has 1 fully saturated rings. The Morgan fingerprint density at radius 2 is 2.06 bits per heavy atom. The lowest BCUT2D eigenvalue weighted by molar-refractivity contribution is 0.0380. The number of anilines is 1. The van der Waals surface area contributed by atoms with E-state index in [2.05, 4.69) is 16.4 Å². The Labute approximate surface area is 108 Å². The van der Waals surface area contributed by atoms with Gasteiger partial charge in [-0.1, -0.05) is 25.7 Å². The summed E-state index contributed by atoms with van der Waals surface area (Å²) in [6.07, 6.45) is 7.90. The number of hydrogen-bond donors (Lipinski definition) is 2. The van der Waals surface area contributed by atoms with E-state index in [9.17, 15) is 5.11 Å². The monoisotopic (exact) mass is 245 g/mol. The van der Waals surface area contributed by atoms with Gasteiger partial charge in [0.1, 0.15) is 5.82 Å². The maximum atomic E-state index is 10.5. The first-order chi connectivity index (χ1) is 8.72. The van der Waals surface area contributed by atoms with Gasteiger partial charge in [0.15, 0.2) is 0 Å². The van der Waals surface area contributed by atoms with Crippen LogP contribution in [0.25, 0.3) is 0 Å².